The van der Waals surface area contributed by atoms with Gasteiger partial charge in [0.1, 0.15) is 24.2 Å². The molecule has 2 N–H and O–H groups in total. The van der Waals surface area contributed by atoms with E-state index < -0.39 is 6.04 Å². The second-order valence-corrected chi connectivity index (χ2v) is 7.04. The van der Waals surface area contributed by atoms with Gasteiger partial charge in [-0.25, -0.2) is 0 Å². The van der Waals surface area contributed by atoms with Gasteiger partial charge in [-0.1, -0.05) is 42.5 Å². The molecule has 0 unspecified atom stereocenters. The Morgan fingerprint density at radius 1 is 1.13 bits per heavy atom. The van der Waals surface area contributed by atoms with E-state index in [1.165, 1.54) is 0 Å². The molecule has 0 bridgehead atoms. The molecule has 0 saturated heterocycles. The summed E-state index contributed by atoms with van der Waals surface area (Å²) < 4.78 is 7.57. The number of aliphatic hydroxyl groups is 1. The Bertz CT molecular complexity index is 1010. The maximum atomic E-state index is 13.5. The lowest BCUT2D eigenvalue weighted by Gasteiger charge is -2.34. The molecule has 3 aromatic rings. The molecule has 0 saturated carbocycles. The topological polar surface area (TPSA) is 92.5 Å². The molecule has 1 aromatic heterocycles. The molecule has 2 heterocycles. The number of nitrogens with one attached hydrogen (secondary N) is 1. The Labute approximate surface area is 175 Å². The second-order valence-electron chi connectivity index (χ2n) is 7.04. The van der Waals surface area contributed by atoms with Crippen molar-refractivity contribution >= 4 is 11.6 Å². The fourth-order valence-electron chi connectivity index (χ4n) is 3.79. The van der Waals surface area contributed by atoms with Crippen molar-refractivity contribution in [3.8, 4) is 5.75 Å². The van der Waals surface area contributed by atoms with Crippen molar-refractivity contribution < 1.29 is 14.6 Å². The smallest absolute Gasteiger partial charge is 0.246 e. The summed E-state index contributed by atoms with van der Waals surface area (Å²) in [6, 6.07) is 16.6. The highest BCUT2D eigenvalue weighted by Gasteiger charge is 2.32. The number of nitrogens with zero attached hydrogens (tertiary/aromatic N) is 4. The van der Waals surface area contributed by atoms with Crippen LogP contribution in [0.3, 0.4) is 0 Å². The zero-order chi connectivity index (χ0) is 20.9. The first-order valence-electron chi connectivity index (χ1n) is 10.0. The standard InChI is InChI=1S/C22H25N5O3/c1-2-30-18-11-7-6-10-17(18)23-22(29)21(16-8-4-3-5-9-16)26-12-13-27-19(14-26)24-25-20(27)15-28/h3-11,21,28H,2,12-15H2,1H3,(H,23,29)/t21-/m1/s1. The van der Waals surface area contributed by atoms with Gasteiger partial charge in [0, 0.05) is 13.1 Å². The number of carbonyl (C=O) groups excluding carboxylic acids is 1. The lowest BCUT2D eigenvalue weighted by atomic mass is 10.0. The van der Waals surface area contributed by atoms with E-state index in [-0.39, 0.29) is 12.5 Å². The molecule has 0 spiro atoms. The summed E-state index contributed by atoms with van der Waals surface area (Å²) in [5.41, 5.74) is 1.55. The number of rotatable bonds is 7. The number of benzene rings is 2. The lowest BCUT2D eigenvalue weighted by molar-refractivity contribution is -0.122. The summed E-state index contributed by atoms with van der Waals surface area (Å²) in [7, 11) is 0. The minimum Gasteiger partial charge on any atom is -0.492 e. The molecular weight excluding hydrogens is 382 g/mol. The number of anilines is 1. The van der Waals surface area contributed by atoms with E-state index >= 15 is 0 Å². The molecule has 1 aliphatic rings. The first kappa shape index (κ1) is 20.1. The molecule has 1 atom stereocenters. The van der Waals surface area contributed by atoms with Crippen molar-refractivity contribution in [2.75, 3.05) is 18.5 Å². The van der Waals surface area contributed by atoms with Crippen LogP contribution in [0, 0.1) is 0 Å². The van der Waals surface area contributed by atoms with Crippen LogP contribution < -0.4 is 10.1 Å². The number of ether oxygens (including phenoxy) is 1. The quantitative estimate of drug-likeness (QED) is 0.625. The Morgan fingerprint density at radius 2 is 1.90 bits per heavy atom. The molecule has 1 aliphatic heterocycles. The van der Waals surface area contributed by atoms with E-state index in [1.54, 1.807) is 0 Å². The largest absolute Gasteiger partial charge is 0.492 e. The molecule has 0 radical (unpaired) electrons. The third-order valence-corrected chi connectivity index (χ3v) is 5.17. The van der Waals surface area contributed by atoms with Gasteiger partial charge in [0.15, 0.2) is 5.82 Å². The lowest BCUT2D eigenvalue weighted by Crippen LogP contribution is -2.42. The first-order valence-corrected chi connectivity index (χ1v) is 10.0. The maximum absolute atomic E-state index is 13.5. The summed E-state index contributed by atoms with van der Waals surface area (Å²) >= 11 is 0. The third-order valence-electron chi connectivity index (χ3n) is 5.17. The van der Waals surface area contributed by atoms with E-state index in [0.29, 0.717) is 43.5 Å². The van der Waals surface area contributed by atoms with Crippen LogP contribution in [-0.4, -0.2) is 43.8 Å². The fourth-order valence-corrected chi connectivity index (χ4v) is 3.79. The summed E-state index contributed by atoms with van der Waals surface area (Å²) in [5, 5.41) is 20.7. The molecule has 1 amide bonds. The Kier molecular flexibility index (Phi) is 6.06. The Hall–Kier alpha value is -3.23. The number of carbonyl (C=O) groups is 1. The van der Waals surface area contributed by atoms with Gasteiger partial charge in [0.25, 0.3) is 0 Å². The van der Waals surface area contributed by atoms with Gasteiger partial charge in [-0.3, -0.25) is 9.69 Å². The third kappa shape index (κ3) is 4.05. The van der Waals surface area contributed by atoms with Crippen LogP contribution in [0.1, 0.15) is 30.2 Å². The van der Waals surface area contributed by atoms with Crippen molar-refractivity contribution in [2.45, 2.75) is 32.7 Å². The van der Waals surface area contributed by atoms with Crippen molar-refractivity contribution in [1.29, 1.82) is 0 Å². The Balaban J connectivity index is 1.62. The highest BCUT2D eigenvalue weighted by atomic mass is 16.5. The molecule has 0 fully saturated rings. The van der Waals surface area contributed by atoms with Crippen LogP contribution in [-0.2, 0) is 24.5 Å². The summed E-state index contributed by atoms with van der Waals surface area (Å²) in [6.45, 7) is 4.00. The predicted octanol–water partition coefficient (Wildman–Crippen LogP) is 2.36. The molecule has 30 heavy (non-hydrogen) atoms. The highest BCUT2D eigenvalue weighted by molar-refractivity contribution is 5.96. The number of amides is 1. The molecule has 4 rings (SSSR count). The van der Waals surface area contributed by atoms with E-state index in [2.05, 4.69) is 20.4 Å². The zero-order valence-corrected chi connectivity index (χ0v) is 16.9. The average molecular weight is 407 g/mol. The number of fused-ring (bicyclic) bond motifs is 1. The van der Waals surface area contributed by atoms with E-state index in [9.17, 15) is 9.90 Å². The molecule has 2 aromatic carbocycles. The van der Waals surface area contributed by atoms with Crippen LogP contribution in [0.5, 0.6) is 5.75 Å². The zero-order valence-electron chi connectivity index (χ0n) is 16.9. The van der Waals surface area contributed by atoms with Crippen LogP contribution in [0.4, 0.5) is 5.69 Å². The van der Waals surface area contributed by atoms with Gasteiger partial charge < -0.3 is 19.7 Å². The van der Waals surface area contributed by atoms with Crippen LogP contribution in [0.2, 0.25) is 0 Å². The van der Waals surface area contributed by atoms with Gasteiger partial charge in [-0.15, -0.1) is 10.2 Å². The summed E-state index contributed by atoms with van der Waals surface area (Å²) in [4.78, 5) is 15.5. The van der Waals surface area contributed by atoms with Gasteiger partial charge in [-0.05, 0) is 24.6 Å². The van der Waals surface area contributed by atoms with Crippen LogP contribution in [0.15, 0.2) is 54.6 Å². The van der Waals surface area contributed by atoms with E-state index in [0.717, 1.165) is 11.4 Å². The van der Waals surface area contributed by atoms with Crippen LogP contribution in [0.25, 0.3) is 0 Å². The van der Waals surface area contributed by atoms with E-state index in [4.69, 9.17) is 4.74 Å². The molecule has 156 valence electrons. The maximum Gasteiger partial charge on any atom is 0.246 e. The van der Waals surface area contributed by atoms with Crippen molar-refractivity contribution in [3.05, 3.63) is 71.8 Å². The van der Waals surface area contributed by atoms with Gasteiger partial charge in [0.2, 0.25) is 5.91 Å². The van der Waals surface area contributed by atoms with E-state index in [1.807, 2.05) is 66.1 Å². The first-order chi connectivity index (χ1) is 14.7. The number of para-hydroxylation sites is 2. The number of hydrogen-bond acceptors (Lipinski definition) is 6. The number of aliphatic hydroxyl groups excluding tert-OH is 1. The SMILES string of the molecule is CCOc1ccccc1NC(=O)[C@@H](c1ccccc1)N1CCn2c(CO)nnc2C1. The van der Waals surface area contributed by atoms with Crippen molar-refractivity contribution in [2.24, 2.45) is 0 Å². The highest BCUT2D eigenvalue weighted by Crippen LogP contribution is 2.29. The molecule has 0 aliphatic carbocycles. The van der Waals surface area contributed by atoms with Crippen molar-refractivity contribution in [1.82, 2.24) is 19.7 Å². The molecule has 8 nitrogen and oxygen atoms in total. The van der Waals surface area contributed by atoms with Gasteiger partial charge in [0.05, 0.1) is 18.8 Å². The minimum absolute atomic E-state index is 0.135. The second kappa shape index (κ2) is 9.06. The number of aromatic nitrogens is 3. The normalized spacial score (nSPS) is 14.7. The number of hydrogen-bond donors (Lipinski definition) is 2. The summed E-state index contributed by atoms with van der Waals surface area (Å²) in [5.74, 6) is 1.81. The molecular formula is C22H25N5O3. The Morgan fingerprint density at radius 3 is 2.67 bits per heavy atom. The predicted molar refractivity (Wildman–Crippen MR) is 112 cm³/mol. The van der Waals surface area contributed by atoms with Crippen molar-refractivity contribution in [3.63, 3.8) is 0 Å². The van der Waals surface area contributed by atoms with Gasteiger partial charge >= 0.3 is 0 Å². The summed E-state index contributed by atoms with van der Waals surface area (Å²) in [6.07, 6.45) is 0. The average Bonchev–Trinajstić information content (AvgIpc) is 3.19. The minimum atomic E-state index is -0.496. The fraction of sp³-hybridized carbons (Fsp3) is 0.318. The monoisotopic (exact) mass is 407 g/mol. The molecule has 8 heteroatoms. The van der Waals surface area contributed by atoms with Crippen LogP contribution >= 0.6 is 0 Å². The van der Waals surface area contributed by atoms with Gasteiger partial charge in [-0.2, -0.15) is 0 Å².